The third kappa shape index (κ3) is 2.17. The summed E-state index contributed by atoms with van der Waals surface area (Å²) < 4.78 is 7.18. The Labute approximate surface area is 122 Å². The number of hydrogen-bond acceptors (Lipinski definition) is 4. The van der Waals surface area contributed by atoms with Crippen molar-refractivity contribution in [3.63, 3.8) is 0 Å². The summed E-state index contributed by atoms with van der Waals surface area (Å²) in [5, 5.41) is 9.03. The molecule has 0 fully saturated rings. The van der Waals surface area contributed by atoms with E-state index in [4.69, 9.17) is 15.7 Å². The fourth-order valence-corrected chi connectivity index (χ4v) is 2.38. The molecule has 0 unspecified atom stereocenters. The van der Waals surface area contributed by atoms with Crippen molar-refractivity contribution in [2.75, 3.05) is 12.8 Å². The standard InChI is InChI=1S/C16H14N4O/c1-21-11-6-7-12(18)15(10-11)20-14-5-3-2-4-13(14)19-16(20)8-9-17/h2-7,10H,8,18H2,1H3. The average molecular weight is 278 g/mol. The number of nitrogens with two attached hydrogens (primary N) is 1. The van der Waals surface area contributed by atoms with Crippen molar-refractivity contribution in [1.29, 1.82) is 5.26 Å². The summed E-state index contributed by atoms with van der Waals surface area (Å²) in [7, 11) is 1.61. The lowest BCUT2D eigenvalue weighted by molar-refractivity contribution is 0.414. The molecule has 0 amide bonds. The van der Waals surface area contributed by atoms with Crippen molar-refractivity contribution >= 4 is 16.7 Å². The Balaban J connectivity index is 2.33. The number of nitrogens with zero attached hydrogens (tertiary/aromatic N) is 3. The quantitative estimate of drug-likeness (QED) is 0.747. The number of benzene rings is 2. The molecule has 0 aliphatic heterocycles. The van der Waals surface area contributed by atoms with E-state index in [0.29, 0.717) is 17.3 Å². The normalized spacial score (nSPS) is 10.5. The minimum atomic E-state index is 0.214. The van der Waals surface area contributed by atoms with Crippen LogP contribution in [0, 0.1) is 11.3 Å². The number of nitriles is 1. The van der Waals surface area contributed by atoms with Gasteiger partial charge in [0.05, 0.1) is 42.0 Å². The van der Waals surface area contributed by atoms with Crippen LogP contribution in [0.5, 0.6) is 5.75 Å². The SMILES string of the molecule is COc1ccc(N)c(-n2c(CC#N)nc3ccccc32)c1. The first-order valence-electron chi connectivity index (χ1n) is 6.52. The summed E-state index contributed by atoms with van der Waals surface area (Å²) in [6.45, 7) is 0. The van der Waals surface area contributed by atoms with E-state index in [9.17, 15) is 0 Å². The molecule has 1 aromatic heterocycles. The maximum Gasteiger partial charge on any atom is 0.128 e. The lowest BCUT2D eigenvalue weighted by Gasteiger charge is -2.12. The fourth-order valence-electron chi connectivity index (χ4n) is 2.38. The first-order chi connectivity index (χ1) is 10.2. The summed E-state index contributed by atoms with van der Waals surface area (Å²) in [4.78, 5) is 4.52. The van der Waals surface area contributed by atoms with Gasteiger partial charge in [-0.15, -0.1) is 0 Å². The van der Waals surface area contributed by atoms with Crippen LogP contribution < -0.4 is 10.5 Å². The van der Waals surface area contributed by atoms with Crippen molar-refractivity contribution in [1.82, 2.24) is 9.55 Å². The number of anilines is 1. The van der Waals surface area contributed by atoms with Gasteiger partial charge in [-0.05, 0) is 24.3 Å². The van der Waals surface area contributed by atoms with E-state index in [1.54, 1.807) is 13.2 Å². The Kier molecular flexibility index (Phi) is 3.20. The molecular weight excluding hydrogens is 264 g/mol. The molecule has 5 heteroatoms. The first-order valence-corrected chi connectivity index (χ1v) is 6.52. The molecule has 2 aromatic carbocycles. The molecule has 0 saturated carbocycles. The average Bonchev–Trinajstić information content (AvgIpc) is 2.86. The molecule has 0 saturated heterocycles. The summed E-state index contributed by atoms with van der Waals surface area (Å²) in [5.41, 5.74) is 9.24. The minimum Gasteiger partial charge on any atom is -0.497 e. The summed E-state index contributed by atoms with van der Waals surface area (Å²) in [6.07, 6.45) is 0.214. The largest absolute Gasteiger partial charge is 0.497 e. The van der Waals surface area contributed by atoms with Crippen molar-refractivity contribution in [3.8, 4) is 17.5 Å². The van der Waals surface area contributed by atoms with Gasteiger partial charge < -0.3 is 10.5 Å². The predicted octanol–water partition coefficient (Wildman–Crippen LogP) is 2.68. The van der Waals surface area contributed by atoms with E-state index >= 15 is 0 Å². The highest BCUT2D eigenvalue weighted by molar-refractivity contribution is 5.80. The number of nitrogen functional groups attached to an aromatic ring is 1. The number of ether oxygens (including phenoxy) is 1. The molecule has 2 N–H and O–H groups in total. The minimum absolute atomic E-state index is 0.214. The van der Waals surface area contributed by atoms with Gasteiger partial charge in [-0.3, -0.25) is 4.57 Å². The van der Waals surface area contributed by atoms with Gasteiger partial charge in [0.15, 0.2) is 0 Å². The number of fused-ring (bicyclic) bond motifs is 1. The molecular formula is C16H14N4O. The van der Waals surface area contributed by atoms with E-state index in [1.807, 2.05) is 41.0 Å². The Morgan fingerprint density at radius 2 is 2.10 bits per heavy atom. The second-order valence-electron chi connectivity index (χ2n) is 4.61. The number of aromatic nitrogens is 2. The Hall–Kier alpha value is -3.00. The second kappa shape index (κ2) is 5.17. The van der Waals surface area contributed by atoms with Crippen LogP contribution in [0.2, 0.25) is 0 Å². The van der Waals surface area contributed by atoms with Crippen LogP contribution in [-0.4, -0.2) is 16.7 Å². The van der Waals surface area contributed by atoms with Crippen LogP contribution in [0.3, 0.4) is 0 Å². The maximum absolute atomic E-state index is 9.03. The van der Waals surface area contributed by atoms with Crippen LogP contribution >= 0.6 is 0 Å². The molecule has 0 aliphatic carbocycles. The van der Waals surface area contributed by atoms with Gasteiger partial charge in [-0.25, -0.2) is 4.98 Å². The van der Waals surface area contributed by atoms with Crippen LogP contribution in [0.15, 0.2) is 42.5 Å². The summed E-state index contributed by atoms with van der Waals surface area (Å²) in [5.74, 6) is 1.37. The van der Waals surface area contributed by atoms with Crippen molar-refractivity contribution in [3.05, 3.63) is 48.3 Å². The summed E-state index contributed by atoms with van der Waals surface area (Å²) in [6, 6.07) is 15.3. The molecule has 1 heterocycles. The van der Waals surface area contributed by atoms with Gasteiger partial charge in [-0.1, -0.05) is 12.1 Å². The number of imidazole rings is 1. The molecule has 0 atom stereocenters. The van der Waals surface area contributed by atoms with Crippen LogP contribution in [0.1, 0.15) is 5.82 Å². The Morgan fingerprint density at radius 1 is 1.29 bits per heavy atom. The lowest BCUT2D eigenvalue weighted by atomic mass is 10.2. The monoisotopic (exact) mass is 278 g/mol. The highest BCUT2D eigenvalue weighted by atomic mass is 16.5. The topological polar surface area (TPSA) is 76.9 Å². The molecule has 3 aromatic rings. The highest BCUT2D eigenvalue weighted by Gasteiger charge is 2.14. The third-order valence-electron chi connectivity index (χ3n) is 3.35. The zero-order chi connectivity index (χ0) is 14.8. The number of rotatable bonds is 3. The van der Waals surface area contributed by atoms with Crippen molar-refractivity contribution in [2.45, 2.75) is 6.42 Å². The second-order valence-corrected chi connectivity index (χ2v) is 4.61. The smallest absolute Gasteiger partial charge is 0.128 e. The zero-order valence-electron chi connectivity index (χ0n) is 11.6. The van der Waals surface area contributed by atoms with E-state index in [2.05, 4.69) is 11.1 Å². The van der Waals surface area contributed by atoms with Gasteiger partial charge >= 0.3 is 0 Å². The van der Waals surface area contributed by atoms with Gasteiger partial charge in [0.25, 0.3) is 0 Å². The van der Waals surface area contributed by atoms with E-state index in [1.165, 1.54) is 0 Å². The third-order valence-corrected chi connectivity index (χ3v) is 3.35. The predicted molar refractivity (Wildman–Crippen MR) is 81.4 cm³/mol. The van der Waals surface area contributed by atoms with E-state index in [-0.39, 0.29) is 6.42 Å². The molecule has 104 valence electrons. The highest BCUT2D eigenvalue weighted by Crippen LogP contribution is 2.28. The van der Waals surface area contributed by atoms with Gasteiger partial charge in [-0.2, -0.15) is 5.26 Å². The van der Waals surface area contributed by atoms with E-state index in [0.717, 1.165) is 16.7 Å². The van der Waals surface area contributed by atoms with Crippen LogP contribution in [0.25, 0.3) is 16.7 Å². The van der Waals surface area contributed by atoms with Crippen LogP contribution in [-0.2, 0) is 6.42 Å². The first kappa shape index (κ1) is 13.0. The maximum atomic E-state index is 9.03. The number of para-hydroxylation sites is 2. The molecule has 5 nitrogen and oxygen atoms in total. The lowest BCUT2D eigenvalue weighted by Crippen LogP contribution is -2.04. The van der Waals surface area contributed by atoms with Crippen molar-refractivity contribution < 1.29 is 4.74 Å². The van der Waals surface area contributed by atoms with E-state index < -0.39 is 0 Å². The number of hydrogen-bond donors (Lipinski definition) is 1. The molecule has 21 heavy (non-hydrogen) atoms. The molecule has 0 radical (unpaired) electrons. The Bertz CT molecular complexity index is 845. The summed E-state index contributed by atoms with van der Waals surface area (Å²) >= 11 is 0. The molecule has 0 aliphatic rings. The number of methoxy groups -OCH3 is 1. The van der Waals surface area contributed by atoms with Crippen molar-refractivity contribution in [2.24, 2.45) is 0 Å². The van der Waals surface area contributed by atoms with Gasteiger partial charge in [0, 0.05) is 6.07 Å². The molecule has 0 bridgehead atoms. The van der Waals surface area contributed by atoms with Crippen LogP contribution in [0.4, 0.5) is 5.69 Å². The van der Waals surface area contributed by atoms with Gasteiger partial charge in [0.1, 0.15) is 11.6 Å². The molecule has 0 spiro atoms. The zero-order valence-corrected chi connectivity index (χ0v) is 11.6. The molecule has 3 rings (SSSR count). The van der Waals surface area contributed by atoms with Gasteiger partial charge in [0.2, 0.25) is 0 Å². The fraction of sp³-hybridized carbons (Fsp3) is 0.125. The Morgan fingerprint density at radius 3 is 2.86 bits per heavy atom.